The normalized spacial score (nSPS) is 11.4. The Morgan fingerprint density at radius 2 is 1.70 bits per heavy atom. The molecule has 3 aromatic carbocycles. The van der Waals surface area contributed by atoms with Gasteiger partial charge in [-0.2, -0.15) is 0 Å². The molecule has 7 heteroatoms. The van der Waals surface area contributed by atoms with Gasteiger partial charge in [-0.25, -0.2) is 13.2 Å². The minimum absolute atomic E-state index is 0.156. The van der Waals surface area contributed by atoms with Crippen LogP contribution in [-0.2, 0) is 14.8 Å². The van der Waals surface area contributed by atoms with Crippen LogP contribution in [0.2, 0.25) is 0 Å². The van der Waals surface area contributed by atoms with Crippen LogP contribution in [0.3, 0.4) is 0 Å². The fraction of sp³-hybridized carbons (Fsp3) is 0.0870. The van der Waals surface area contributed by atoms with Gasteiger partial charge in [0.25, 0.3) is 10.0 Å². The Labute approximate surface area is 174 Å². The van der Waals surface area contributed by atoms with Crippen molar-refractivity contribution in [2.45, 2.75) is 11.8 Å². The SMILES string of the molecule is CCOC(=O)c1ccc(NS(=O)(=O)c2ccc3[nH]c(-c4ccccc4)cc3c2)cc1. The lowest BCUT2D eigenvalue weighted by Crippen LogP contribution is -2.13. The van der Waals surface area contributed by atoms with Gasteiger partial charge >= 0.3 is 5.97 Å². The third-order valence-electron chi connectivity index (χ3n) is 4.64. The van der Waals surface area contributed by atoms with Gasteiger partial charge in [0.1, 0.15) is 0 Å². The molecule has 0 saturated heterocycles. The summed E-state index contributed by atoms with van der Waals surface area (Å²) in [6.07, 6.45) is 0. The number of ether oxygens (including phenoxy) is 1. The van der Waals surface area contributed by atoms with Crippen LogP contribution < -0.4 is 4.72 Å². The number of esters is 1. The molecule has 0 aliphatic rings. The summed E-state index contributed by atoms with van der Waals surface area (Å²) in [5.41, 5.74) is 3.52. The Hall–Kier alpha value is -3.58. The van der Waals surface area contributed by atoms with E-state index in [9.17, 15) is 13.2 Å². The lowest BCUT2D eigenvalue weighted by molar-refractivity contribution is 0.0526. The monoisotopic (exact) mass is 420 g/mol. The molecule has 4 aromatic rings. The maximum Gasteiger partial charge on any atom is 0.338 e. The molecule has 0 unspecified atom stereocenters. The van der Waals surface area contributed by atoms with Crippen LogP contribution in [0.4, 0.5) is 5.69 Å². The lowest BCUT2D eigenvalue weighted by atomic mass is 10.1. The molecule has 0 aliphatic carbocycles. The van der Waals surface area contributed by atoms with E-state index in [1.807, 2.05) is 36.4 Å². The number of anilines is 1. The molecule has 0 radical (unpaired) electrons. The molecule has 0 aliphatic heterocycles. The number of carbonyl (C=O) groups excluding carboxylic acids is 1. The number of nitrogens with one attached hydrogen (secondary N) is 2. The van der Waals surface area contributed by atoms with E-state index < -0.39 is 16.0 Å². The van der Waals surface area contributed by atoms with Gasteiger partial charge in [-0.15, -0.1) is 0 Å². The fourth-order valence-electron chi connectivity index (χ4n) is 3.15. The molecule has 0 saturated carbocycles. The van der Waals surface area contributed by atoms with Gasteiger partial charge < -0.3 is 9.72 Å². The van der Waals surface area contributed by atoms with Crippen molar-refractivity contribution >= 4 is 32.6 Å². The molecule has 2 N–H and O–H groups in total. The summed E-state index contributed by atoms with van der Waals surface area (Å²) in [4.78, 5) is 15.2. The summed E-state index contributed by atoms with van der Waals surface area (Å²) in [5, 5.41) is 0.800. The van der Waals surface area contributed by atoms with Crippen molar-refractivity contribution in [3.63, 3.8) is 0 Å². The second-order valence-electron chi connectivity index (χ2n) is 6.70. The van der Waals surface area contributed by atoms with Crippen LogP contribution in [0.1, 0.15) is 17.3 Å². The first kappa shape index (κ1) is 19.7. The van der Waals surface area contributed by atoms with Gasteiger partial charge in [-0.1, -0.05) is 30.3 Å². The second kappa shape index (κ2) is 8.04. The van der Waals surface area contributed by atoms with Crippen LogP contribution >= 0.6 is 0 Å². The predicted molar refractivity (Wildman–Crippen MR) is 117 cm³/mol. The van der Waals surface area contributed by atoms with E-state index in [2.05, 4.69) is 9.71 Å². The number of benzene rings is 3. The number of rotatable bonds is 6. The zero-order valence-electron chi connectivity index (χ0n) is 16.3. The molecule has 0 fully saturated rings. The highest BCUT2D eigenvalue weighted by atomic mass is 32.2. The minimum atomic E-state index is -3.78. The zero-order valence-corrected chi connectivity index (χ0v) is 17.1. The first-order valence-corrected chi connectivity index (χ1v) is 10.9. The lowest BCUT2D eigenvalue weighted by Gasteiger charge is -2.09. The van der Waals surface area contributed by atoms with Crippen LogP contribution in [0.25, 0.3) is 22.2 Å². The Balaban J connectivity index is 1.58. The van der Waals surface area contributed by atoms with Crippen LogP contribution in [0.5, 0.6) is 0 Å². The second-order valence-corrected chi connectivity index (χ2v) is 8.38. The van der Waals surface area contributed by atoms with Crippen molar-refractivity contribution < 1.29 is 17.9 Å². The standard InChI is InChI=1S/C23H20N2O4S/c1-2-29-23(26)17-8-10-19(11-9-17)25-30(27,28)20-12-13-21-18(14-20)15-22(24-21)16-6-4-3-5-7-16/h3-15,24-25H,2H2,1H3. The number of fused-ring (bicyclic) bond motifs is 1. The third kappa shape index (κ3) is 4.06. The van der Waals surface area contributed by atoms with E-state index in [4.69, 9.17) is 4.74 Å². The molecule has 0 atom stereocenters. The summed E-state index contributed by atoms with van der Waals surface area (Å²) in [5.74, 6) is -0.445. The summed E-state index contributed by atoms with van der Waals surface area (Å²) in [6, 6.07) is 22.8. The molecule has 1 aromatic heterocycles. The van der Waals surface area contributed by atoms with Gasteiger partial charge in [-0.3, -0.25) is 4.72 Å². The van der Waals surface area contributed by atoms with E-state index in [1.165, 1.54) is 24.3 Å². The number of hydrogen-bond acceptors (Lipinski definition) is 4. The maximum absolute atomic E-state index is 12.8. The molecule has 152 valence electrons. The van der Waals surface area contributed by atoms with Gasteiger partial charge in [0.15, 0.2) is 0 Å². The Bertz CT molecular complexity index is 1290. The van der Waals surface area contributed by atoms with Crippen molar-refractivity contribution in [1.29, 1.82) is 0 Å². The highest BCUT2D eigenvalue weighted by Gasteiger charge is 2.16. The Morgan fingerprint density at radius 1 is 0.967 bits per heavy atom. The number of sulfonamides is 1. The molecule has 4 rings (SSSR count). The van der Waals surface area contributed by atoms with Crippen molar-refractivity contribution in [3.05, 3.63) is 84.4 Å². The predicted octanol–water partition coefficient (Wildman–Crippen LogP) is 4.81. The average Bonchev–Trinajstić information content (AvgIpc) is 3.18. The molecule has 0 amide bonds. The first-order chi connectivity index (χ1) is 14.5. The van der Waals surface area contributed by atoms with Gasteiger partial charge in [0.05, 0.1) is 17.1 Å². The summed E-state index contributed by atoms with van der Waals surface area (Å²) < 4.78 is 33.1. The van der Waals surface area contributed by atoms with Crippen LogP contribution in [0.15, 0.2) is 83.8 Å². The van der Waals surface area contributed by atoms with E-state index >= 15 is 0 Å². The highest BCUT2D eigenvalue weighted by Crippen LogP contribution is 2.27. The van der Waals surface area contributed by atoms with E-state index in [0.717, 1.165) is 22.2 Å². The highest BCUT2D eigenvalue weighted by molar-refractivity contribution is 7.92. The van der Waals surface area contributed by atoms with Crippen molar-refractivity contribution in [3.8, 4) is 11.3 Å². The smallest absolute Gasteiger partial charge is 0.338 e. The molecular formula is C23H20N2O4S. The van der Waals surface area contributed by atoms with Gasteiger partial charge in [0.2, 0.25) is 0 Å². The largest absolute Gasteiger partial charge is 0.462 e. The molecule has 1 heterocycles. The number of H-pyrrole nitrogens is 1. The van der Waals surface area contributed by atoms with E-state index in [1.54, 1.807) is 25.1 Å². The summed E-state index contributed by atoms with van der Waals surface area (Å²) in [6.45, 7) is 2.01. The molecule has 6 nitrogen and oxygen atoms in total. The zero-order chi connectivity index (χ0) is 21.1. The molecule has 30 heavy (non-hydrogen) atoms. The van der Waals surface area contributed by atoms with Crippen molar-refractivity contribution in [1.82, 2.24) is 4.98 Å². The van der Waals surface area contributed by atoms with E-state index in [0.29, 0.717) is 11.3 Å². The summed E-state index contributed by atoms with van der Waals surface area (Å²) >= 11 is 0. The average molecular weight is 420 g/mol. The third-order valence-corrected chi connectivity index (χ3v) is 6.01. The number of hydrogen-bond donors (Lipinski definition) is 2. The van der Waals surface area contributed by atoms with Crippen molar-refractivity contribution in [2.24, 2.45) is 0 Å². The molecular weight excluding hydrogens is 400 g/mol. The maximum atomic E-state index is 12.8. The summed E-state index contributed by atoms with van der Waals surface area (Å²) in [7, 11) is -3.78. The van der Waals surface area contributed by atoms with Gasteiger partial charge in [-0.05, 0) is 61.0 Å². The number of aromatic amines is 1. The number of carbonyl (C=O) groups is 1. The van der Waals surface area contributed by atoms with Crippen LogP contribution in [-0.4, -0.2) is 26.0 Å². The fourth-order valence-corrected chi connectivity index (χ4v) is 4.25. The molecule has 0 bridgehead atoms. The van der Waals surface area contributed by atoms with Crippen LogP contribution in [0, 0.1) is 0 Å². The quantitative estimate of drug-likeness (QED) is 0.438. The number of aromatic nitrogens is 1. The first-order valence-electron chi connectivity index (χ1n) is 9.44. The van der Waals surface area contributed by atoms with E-state index in [-0.39, 0.29) is 11.5 Å². The Morgan fingerprint density at radius 3 is 2.40 bits per heavy atom. The van der Waals surface area contributed by atoms with Gasteiger partial charge in [0, 0.05) is 22.3 Å². The topological polar surface area (TPSA) is 88.3 Å². The Kier molecular flexibility index (Phi) is 5.29. The minimum Gasteiger partial charge on any atom is -0.462 e. The molecule has 0 spiro atoms. The van der Waals surface area contributed by atoms with Crippen molar-refractivity contribution in [2.75, 3.05) is 11.3 Å².